The third-order valence-corrected chi connectivity index (χ3v) is 4.05. The van der Waals surface area contributed by atoms with Gasteiger partial charge in [0.2, 0.25) is 0 Å². The van der Waals surface area contributed by atoms with E-state index in [-0.39, 0.29) is 0 Å². The largest absolute Gasteiger partial charge is 0.495 e. The summed E-state index contributed by atoms with van der Waals surface area (Å²) in [6.07, 6.45) is 0. The number of nitrogen functional groups attached to an aromatic ring is 1. The van der Waals surface area contributed by atoms with Gasteiger partial charge < -0.3 is 10.5 Å². The van der Waals surface area contributed by atoms with Crippen LogP contribution in [0.1, 0.15) is 11.1 Å². The first-order valence-electron chi connectivity index (χ1n) is 5.79. The van der Waals surface area contributed by atoms with Gasteiger partial charge >= 0.3 is 0 Å². The van der Waals surface area contributed by atoms with Gasteiger partial charge in [-0.15, -0.1) is 0 Å². The number of rotatable bonds is 3. The fourth-order valence-electron chi connectivity index (χ4n) is 1.82. The molecule has 0 aliphatic carbocycles. The van der Waals surface area contributed by atoms with Crippen molar-refractivity contribution in [2.24, 2.45) is 0 Å². The molecule has 0 atom stereocenters. The molecule has 0 fully saturated rings. The maximum atomic E-state index is 6.08. The molecule has 3 heteroatoms. The molecule has 0 spiro atoms. The standard InChI is InChI=1S/C15H17NOS/c1-10-7-8-13(11(2)9-10)18-14-6-4-5-12(17-3)15(14)16/h4-9H,16H2,1-3H3. The van der Waals surface area contributed by atoms with Crippen molar-refractivity contribution in [1.82, 2.24) is 0 Å². The third kappa shape index (κ3) is 2.62. The van der Waals surface area contributed by atoms with Gasteiger partial charge in [0.1, 0.15) is 5.75 Å². The van der Waals surface area contributed by atoms with Gasteiger partial charge in [-0.2, -0.15) is 0 Å². The van der Waals surface area contributed by atoms with E-state index in [1.54, 1.807) is 18.9 Å². The molecular formula is C15H17NOS. The molecule has 0 aliphatic heterocycles. The molecule has 18 heavy (non-hydrogen) atoms. The van der Waals surface area contributed by atoms with Crippen molar-refractivity contribution in [3.8, 4) is 5.75 Å². The van der Waals surface area contributed by atoms with Crippen LogP contribution in [0.2, 0.25) is 0 Å². The van der Waals surface area contributed by atoms with Crippen molar-refractivity contribution in [2.75, 3.05) is 12.8 Å². The van der Waals surface area contributed by atoms with Crippen LogP contribution in [0.3, 0.4) is 0 Å². The fourth-order valence-corrected chi connectivity index (χ4v) is 2.77. The van der Waals surface area contributed by atoms with E-state index in [1.807, 2.05) is 18.2 Å². The summed E-state index contributed by atoms with van der Waals surface area (Å²) in [5, 5.41) is 0. The summed E-state index contributed by atoms with van der Waals surface area (Å²) in [7, 11) is 1.64. The van der Waals surface area contributed by atoms with Crippen molar-refractivity contribution >= 4 is 17.4 Å². The topological polar surface area (TPSA) is 35.2 Å². The first-order valence-corrected chi connectivity index (χ1v) is 6.61. The van der Waals surface area contributed by atoms with Crippen molar-refractivity contribution in [3.63, 3.8) is 0 Å². The summed E-state index contributed by atoms with van der Waals surface area (Å²) in [4.78, 5) is 2.25. The number of para-hydroxylation sites is 1. The van der Waals surface area contributed by atoms with Gasteiger partial charge in [-0.25, -0.2) is 0 Å². The van der Waals surface area contributed by atoms with Crippen LogP contribution in [-0.2, 0) is 0 Å². The van der Waals surface area contributed by atoms with E-state index < -0.39 is 0 Å². The van der Waals surface area contributed by atoms with E-state index in [9.17, 15) is 0 Å². The Morgan fingerprint density at radius 2 is 1.83 bits per heavy atom. The molecule has 2 aromatic rings. The number of anilines is 1. The summed E-state index contributed by atoms with van der Waals surface area (Å²) < 4.78 is 5.23. The zero-order valence-electron chi connectivity index (χ0n) is 10.9. The second kappa shape index (κ2) is 5.36. The Bertz CT molecular complexity index is 566. The third-order valence-electron chi connectivity index (χ3n) is 2.80. The molecule has 0 amide bonds. The quantitative estimate of drug-likeness (QED) is 0.845. The normalized spacial score (nSPS) is 10.4. The van der Waals surface area contributed by atoms with E-state index in [1.165, 1.54) is 16.0 Å². The van der Waals surface area contributed by atoms with Gasteiger partial charge in [0, 0.05) is 9.79 Å². The van der Waals surface area contributed by atoms with Crippen LogP contribution in [0, 0.1) is 13.8 Å². The number of benzene rings is 2. The molecule has 2 aromatic carbocycles. The molecule has 0 radical (unpaired) electrons. The predicted octanol–water partition coefficient (Wildman–Crippen LogP) is 4.05. The lowest BCUT2D eigenvalue weighted by atomic mass is 10.2. The van der Waals surface area contributed by atoms with Crippen molar-refractivity contribution in [1.29, 1.82) is 0 Å². The van der Waals surface area contributed by atoms with Gasteiger partial charge in [-0.05, 0) is 37.6 Å². The van der Waals surface area contributed by atoms with E-state index in [4.69, 9.17) is 10.5 Å². The molecule has 2 N–H and O–H groups in total. The van der Waals surface area contributed by atoms with Crippen LogP contribution in [-0.4, -0.2) is 7.11 Å². The fraction of sp³-hybridized carbons (Fsp3) is 0.200. The Kier molecular flexibility index (Phi) is 3.82. The Morgan fingerprint density at radius 3 is 2.50 bits per heavy atom. The van der Waals surface area contributed by atoms with E-state index in [2.05, 4.69) is 32.0 Å². The second-order valence-corrected chi connectivity index (χ2v) is 5.33. The SMILES string of the molecule is COc1cccc(Sc2ccc(C)cc2C)c1N. The lowest BCUT2D eigenvalue weighted by Crippen LogP contribution is -1.94. The van der Waals surface area contributed by atoms with Gasteiger partial charge in [0.25, 0.3) is 0 Å². The van der Waals surface area contributed by atoms with Crippen LogP contribution in [0.15, 0.2) is 46.2 Å². The number of nitrogens with two attached hydrogens (primary N) is 1. The lowest BCUT2D eigenvalue weighted by Gasteiger charge is -2.11. The highest BCUT2D eigenvalue weighted by Gasteiger charge is 2.08. The monoisotopic (exact) mass is 259 g/mol. The van der Waals surface area contributed by atoms with E-state index in [0.717, 1.165) is 10.6 Å². The molecule has 0 saturated heterocycles. The zero-order valence-corrected chi connectivity index (χ0v) is 11.7. The smallest absolute Gasteiger partial charge is 0.142 e. The van der Waals surface area contributed by atoms with E-state index >= 15 is 0 Å². The first kappa shape index (κ1) is 12.8. The Morgan fingerprint density at radius 1 is 1.06 bits per heavy atom. The highest BCUT2D eigenvalue weighted by Crippen LogP contribution is 2.38. The van der Waals surface area contributed by atoms with Crippen molar-refractivity contribution < 1.29 is 4.74 Å². The maximum Gasteiger partial charge on any atom is 0.142 e. The molecule has 0 saturated carbocycles. The summed E-state index contributed by atoms with van der Waals surface area (Å²) in [5.41, 5.74) is 9.31. The van der Waals surface area contributed by atoms with Crippen LogP contribution in [0.25, 0.3) is 0 Å². The van der Waals surface area contributed by atoms with Crippen LogP contribution < -0.4 is 10.5 Å². The van der Waals surface area contributed by atoms with Crippen LogP contribution >= 0.6 is 11.8 Å². The highest BCUT2D eigenvalue weighted by molar-refractivity contribution is 7.99. The minimum atomic E-state index is 0.699. The lowest BCUT2D eigenvalue weighted by molar-refractivity contribution is 0.416. The Balaban J connectivity index is 2.34. The molecule has 0 aromatic heterocycles. The highest BCUT2D eigenvalue weighted by atomic mass is 32.2. The van der Waals surface area contributed by atoms with Crippen LogP contribution in [0.4, 0.5) is 5.69 Å². The minimum absolute atomic E-state index is 0.699. The molecule has 2 rings (SSSR count). The van der Waals surface area contributed by atoms with Crippen molar-refractivity contribution in [3.05, 3.63) is 47.5 Å². The molecular weight excluding hydrogens is 242 g/mol. The summed E-state index contributed by atoms with van der Waals surface area (Å²) in [6, 6.07) is 12.3. The number of hydrogen-bond donors (Lipinski definition) is 1. The molecule has 0 unspecified atom stereocenters. The number of methoxy groups -OCH3 is 1. The van der Waals surface area contributed by atoms with Gasteiger partial charge in [0.05, 0.1) is 12.8 Å². The number of ether oxygens (including phenoxy) is 1. The maximum absolute atomic E-state index is 6.08. The Labute approximate surface area is 112 Å². The summed E-state index contributed by atoms with van der Waals surface area (Å²) >= 11 is 1.67. The molecule has 0 heterocycles. The van der Waals surface area contributed by atoms with Crippen molar-refractivity contribution in [2.45, 2.75) is 23.6 Å². The predicted molar refractivity (Wildman–Crippen MR) is 77.4 cm³/mol. The summed E-state index contributed by atoms with van der Waals surface area (Å²) in [6.45, 7) is 4.22. The average molecular weight is 259 g/mol. The zero-order chi connectivity index (χ0) is 13.1. The minimum Gasteiger partial charge on any atom is -0.495 e. The van der Waals surface area contributed by atoms with E-state index in [0.29, 0.717) is 5.69 Å². The first-order chi connectivity index (χ1) is 8.61. The molecule has 94 valence electrons. The molecule has 0 aliphatic rings. The second-order valence-electron chi connectivity index (χ2n) is 4.24. The number of aryl methyl sites for hydroxylation is 2. The summed E-state index contributed by atoms with van der Waals surface area (Å²) in [5.74, 6) is 0.727. The van der Waals surface area contributed by atoms with Gasteiger partial charge in [-0.1, -0.05) is 35.5 Å². The number of hydrogen-bond acceptors (Lipinski definition) is 3. The Hall–Kier alpha value is -1.61. The average Bonchev–Trinajstić information content (AvgIpc) is 2.35. The molecule has 2 nitrogen and oxygen atoms in total. The van der Waals surface area contributed by atoms with Gasteiger partial charge in [-0.3, -0.25) is 0 Å². The van der Waals surface area contributed by atoms with Crippen LogP contribution in [0.5, 0.6) is 5.75 Å². The van der Waals surface area contributed by atoms with Gasteiger partial charge in [0.15, 0.2) is 0 Å². The molecule has 0 bridgehead atoms.